The molecule has 0 heterocycles. The first kappa shape index (κ1) is 11.7. The second-order valence-electron chi connectivity index (χ2n) is 3.24. The molecule has 0 aliphatic rings. The third kappa shape index (κ3) is 2.33. The molecule has 1 aromatic rings. The van der Waals surface area contributed by atoms with E-state index in [1.807, 2.05) is 0 Å². The molecular weight excluding hydrogens is 212 g/mol. The highest BCUT2D eigenvalue weighted by Gasteiger charge is 2.17. The number of carboxylic acid groups (broad SMARTS) is 1. The Morgan fingerprint density at radius 3 is 2.69 bits per heavy atom. The van der Waals surface area contributed by atoms with Gasteiger partial charge in [0.15, 0.2) is 0 Å². The van der Waals surface area contributed by atoms with Gasteiger partial charge in [-0.2, -0.15) is 5.26 Å². The van der Waals surface area contributed by atoms with Crippen LogP contribution in [0.3, 0.4) is 0 Å². The smallest absolute Gasteiger partial charge is 0.307 e. The Kier molecular flexibility index (Phi) is 3.20. The van der Waals surface area contributed by atoms with Gasteiger partial charge in [-0.25, -0.2) is 0 Å². The van der Waals surface area contributed by atoms with Gasteiger partial charge >= 0.3 is 5.97 Å². The first-order chi connectivity index (χ1) is 7.45. The minimum Gasteiger partial charge on any atom is -0.481 e. The van der Waals surface area contributed by atoms with Crippen molar-refractivity contribution in [3.8, 4) is 6.07 Å². The van der Waals surface area contributed by atoms with Crippen molar-refractivity contribution < 1.29 is 14.8 Å². The zero-order valence-electron chi connectivity index (χ0n) is 8.43. The molecule has 0 aliphatic heterocycles. The minimum atomic E-state index is -1.04. The summed E-state index contributed by atoms with van der Waals surface area (Å²) in [5.74, 6) is -1.04. The van der Waals surface area contributed by atoms with E-state index in [-0.39, 0.29) is 17.7 Å². The maximum absolute atomic E-state index is 10.6. The monoisotopic (exact) mass is 220 g/mol. The number of rotatable bonds is 3. The third-order valence-corrected chi connectivity index (χ3v) is 2.11. The standard InChI is InChI=1S/C10H8N2O4/c1-6-2-9(12(15)16)8(5-11)3-7(6)4-10(13)14/h2-3H,4H2,1H3,(H,13,14). The molecule has 0 bridgehead atoms. The van der Waals surface area contributed by atoms with Gasteiger partial charge in [0.2, 0.25) is 0 Å². The van der Waals surface area contributed by atoms with Gasteiger partial charge in [-0.1, -0.05) is 0 Å². The fourth-order valence-corrected chi connectivity index (χ4v) is 1.33. The molecule has 0 spiro atoms. The molecule has 0 saturated carbocycles. The van der Waals surface area contributed by atoms with Crippen LogP contribution in [0.5, 0.6) is 0 Å². The molecule has 0 amide bonds. The Bertz CT molecular complexity index is 502. The second-order valence-corrected chi connectivity index (χ2v) is 3.24. The second kappa shape index (κ2) is 4.40. The summed E-state index contributed by atoms with van der Waals surface area (Å²) in [6.45, 7) is 1.58. The van der Waals surface area contributed by atoms with Crippen molar-refractivity contribution in [2.75, 3.05) is 0 Å². The van der Waals surface area contributed by atoms with Gasteiger partial charge in [-0.15, -0.1) is 0 Å². The number of aliphatic carboxylic acids is 1. The molecule has 0 saturated heterocycles. The van der Waals surface area contributed by atoms with E-state index >= 15 is 0 Å². The van der Waals surface area contributed by atoms with E-state index in [0.29, 0.717) is 11.1 Å². The average molecular weight is 220 g/mol. The van der Waals surface area contributed by atoms with Crippen molar-refractivity contribution in [1.82, 2.24) is 0 Å². The maximum atomic E-state index is 10.6. The van der Waals surface area contributed by atoms with Crippen LogP contribution in [0.15, 0.2) is 12.1 Å². The molecule has 0 fully saturated rings. The van der Waals surface area contributed by atoms with Crippen LogP contribution < -0.4 is 0 Å². The van der Waals surface area contributed by atoms with E-state index in [1.165, 1.54) is 12.1 Å². The number of nitro groups is 1. The Balaban J connectivity index is 3.32. The van der Waals surface area contributed by atoms with E-state index in [1.54, 1.807) is 13.0 Å². The van der Waals surface area contributed by atoms with Gasteiger partial charge < -0.3 is 5.11 Å². The molecule has 1 aromatic carbocycles. The number of nitriles is 1. The molecule has 0 atom stereocenters. The fourth-order valence-electron chi connectivity index (χ4n) is 1.33. The normalized spacial score (nSPS) is 9.50. The lowest BCUT2D eigenvalue weighted by Gasteiger charge is -2.03. The van der Waals surface area contributed by atoms with Gasteiger partial charge in [0, 0.05) is 6.07 Å². The molecule has 16 heavy (non-hydrogen) atoms. The summed E-state index contributed by atoms with van der Waals surface area (Å²) in [5, 5.41) is 27.9. The van der Waals surface area contributed by atoms with Crippen molar-refractivity contribution >= 4 is 11.7 Å². The molecule has 0 aliphatic carbocycles. The van der Waals surface area contributed by atoms with Crippen molar-refractivity contribution in [2.45, 2.75) is 13.3 Å². The number of nitrogens with zero attached hydrogens (tertiary/aromatic N) is 2. The molecule has 0 radical (unpaired) electrons. The summed E-state index contributed by atoms with van der Waals surface area (Å²) >= 11 is 0. The number of hydrogen-bond donors (Lipinski definition) is 1. The van der Waals surface area contributed by atoms with Crippen LogP contribution in [0, 0.1) is 28.4 Å². The zero-order valence-corrected chi connectivity index (χ0v) is 8.43. The lowest BCUT2D eigenvalue weighted by Crippen LogP contribution is -2.04. The first-order valence-electron chi connectivity index (χ1n) is 4.35. The number of hydrogen-bond acceptors (Lipinski definition) is 4. The summed E-state index contributed by atoms with van der Waals surface area (Å²) in [4.78, 5) is 20.5. The van der Waals surface area contributed by atoms with Crippen molar-refractivity contribution in [1.29, 1.82) is 5.26 Å². The highest BCUT2D eigenvalue weighted by atomic mass is 16.6. The van der Waals surface area contributed by atoms with Crippen LogP contribution in [-0.4, -0.2) is 16.0 Å². The average Bonchev–Trinajstić information content (AvgIpc) is 2.19. The summed E-state index contributed by atoms with van der Waals surface area (Å²) in [7, 11) is 0. The summed E-state index contributed by atoms with van der Waals surface area (Å²) < 4.78 is 0. The van der Waals surface area contributed by atoms with Crippen LogP contribution in [0.4, 0.5) is 5.69 Å². The predicted molar refractivity (Wildman–Crippen MR) is 53.9 cm³/mol. The predicted octanol–water partition coefficient (Wildman–Crippen LogP) is 1.40. The van der Waals surface area contributed by atoms with E-state index in [9.17, 15) is 14.9 Å². The van der Waals surface area contributed by atoms with E-state index in [4.69, 9.17) is 10.4 Å². The Morgan fingerprint density at radius 1 is 1.62 bits per heavy atom. The van der Waals surface area contributed by atoms with Gasteiger partial charge in [0.1, 0.15) is 11.6 Å². The lowest BCUT2D eigenvalue weighted by molar-refractivity contribution is -0.385. The molecule has 0 aromatic heterocycles. The molecular formula is C10H8N2O4. The fraction of sp³-hybridized carbons (Fsp3) is 0.200. The number of nitro benzene ring substituents is 1. The summed E-state index contributed by atoms with van der Waals surface area (Å²) in [6.07, 6.45) is -0.251. The number of aryl methyl sites for hydroxylation is 1. The number of carbonyl (C=O) groups is 1. The van der Waals surface area contributed by atoms with E-state index in [0.717, 1.165) is 0 Å². The zero-order chi connectivity index (χ0) is 12.3. The number of carboxylic acids is 1. The highest BCUT2D eigenvalue weighted by Crippen LogP contribution is 2.23. The maximum Gasteiger partial charge on any atom is 0.307 e. The summed E-state index contributed by atoms with van der Waals surface area (Å²) in [5.41, 5.74) is 0.490. The minimum absolute atomic E-state index is 0.119. The Morgan fingerprint density at radius 2 is 2.25 bits per heavy atom. The van der Waals surface area contributed by atoms with E-state index < -0.39 is 10.9 Å². The quantitative estimate of drug-likeness (QED) is 0.612. The van der Waals surface area contributed by atoms with Crippen molar-refractivity contribution in [3.63, 3.8) is 0 Å². The molecule has 82 valence electrons. The van der Waals surface area contributed by atoms with Crippen molar-refractivity contribution in [2.24, 2.45) is 0 Å². The van der Waals surface area contributed by atoms with Gasteiger partial charge in [-0.3, -0.25) is 14.9 Å². The van der Waals surface area contributed by atoms with Crippen LogP contribution in [0.1, 0.15) is 16.7 Å². The van der Waals surface area contributed by atoms with Crippen LogP contribution in [-0.2, 0) is 11.2 Å². The molecule has 6 heteroatoms. The lowest BCUT2D eigenvalue weighted by atomic mass is 10.0. The third-order valence-electron chi connectivity index (χ3n) is 2.11. The van der Waals surface area contributed by atoms with E-state index in [2.05, 4.69) is 0 Å². The topological polar surface area (TPSA) is 104 Å². The summed E-state index contributed by atoms with van der Waals surface area (Å²) in [6, 6.07) is 4.15. The Labute approximate surface area is 90.9 Å². The van der Waals surface area contributed by atoms with Gasteiger partial charge in [0.05, 0.1) is 11.3 Å². The largest absolute Gasteiger partial charge is 0.481 e. The van der Waals surface area contributed by atoms with Gasteiger partial charge in [0.25, 0.3) is 5.69 Å². The molecule has 0 unspecified atom stereocenters. The van der Waals surface area contributed by atoms with Crippen LogP contribution >= 0.6 is 0 Å². The first-order valence-corrected chi connectivity index (χ1v) is 4.35. The van der Waals surface area contributed by atoms with Gasteiger partial charge in [-0.05, 0) is 24.1 Å². The van der Waals surface area contributed by atoms with Crippen LogP contribution in [0.2, 0.25) is 0 Å². The van der Waals surface area contributed by atoms with Crippen molar-refractivity contribution in [3.05, 3.63) is 38.9 Å². The number of benzene rings is 1. The molecule has 1 N–H and O–H groups in total. The molecule has 1 rings (SSSR count). The van der Waals surface area contributed by atoms with Crippen LogP contribution in [0.25, 0.3) is 0 Å². The molecule has 6 nitrogen and oxygen atoms in total. The highest BCUT2D eigenvalue weighted by molar-refractivity contribution is 5.71. The Hall–Kier alpha value is -2.42. The SMILES string of the molecule is Cc1cc([N+](=O)[O-])c(C#N)cc1CC(=O)O.